The molecule has 1 atom stereocenters. The van der Waals surface area contributed by atoms with Crippen LogP contribution in [-0.4, -0.2) is 11.6 Å². The zero-order valence-electron chi connectivity index (χ0n) is 8.22. The van der Waals surface area contributed by atoms with E-state index in [-0.39, 0.29) is 17.5 Å². The third-order valence-corrected chi connectivity index (χ3v) is 1.92. The van der Waals surface area contributed by atoms with Gasteiger partial charge in [-0.2, -0.15) is 0 Å². The lowest BCUT2D eigenvalue weighted by atomic mass is 9.97. The molecule has 0 rings (SSSR count). The fourth-order valence-corrected chi connectivity index (χ4v) is 1.14. The van der Waals surface area contributed by atoms with Crippen LogP contribution in [0.1, 0.15) is 46.5 Å². The molecule has 0 spiro atoms. The molecule has 0 heterocycles. The third kappa shape index (κ3) is 5.05. The summed E-state index contributed by atoms with van der Waals surface area (Å²) in [5, 5.41) is 0. The molecule has 0 saturated heterocycles. The highest BCUT2D eigenvalue weighted by molar-refractivity contribution is 5.86. The topological polar surface area (TPSA) is 34.1 Å². The van der Waals surface area contributed by atoms with Crippen molar-refractivity contribution in [2.75, 3.05) is 0 Å². The van der Waals surface area contributed by atoms with E-state index < -0.39 is 0 Å². The largest absolute Gasteiger partial charge is 0.300 e. The molecular formula is C10H18O2. The Labute approximate surface area is 74.3 Å². The van der Waals surface area contributed by atoms with Gasteiger partial charge in [0.15, 0.2) is 0 Å². The van der Waals surface area contributed by atoms with Crippen LogP contribution in [0.3, 0.4) is 0 Å². The van der Waals surface area contributed by atoms with Crippen molar-refractivity contribution in [3.8, 4) is 0 Å². The molecule has 0 radical (unpaired) electrons. The molecule has 2 heteroatoms. The summed E-state index contributed by atoms with van der Waals surface area (Å²) in [4.78, 5) is 22.0. The van der Waals surface area contributed by atoms with E-state index in [0.29, 0.717) is 12.8 Å². The summed E-state index contributed by atoms with van der Waals surface area (Å²) >= 11 is 0. The van der Waals surface area contributed by atoms with Crippen LogP contribution in [-0.2, 0) is 9.59 Å². The number of ketones is 2. The van der Waals surface area contributed by atoms with Crippen molar-refractivity contribution in [3.63, 3.8) is 0 Å². The summed E-state index contributed by atoms with van der Waals surface area (Å²) in [6, 6.07) is 0. The van der Waals surface area contributed by atoms with Crippen LogP contribution < -0.4 is 0 Å². The van der Waals surface area contributed by atoms with Crippen molar-refractivity contribution < 1.29 is 9.59 Å². The normalized spacial score (nSPS) is 12.6. The fraction of sp³-hybridized carbons (Fsp3) is 0.800. The van der Waals surface area contributed by atoms with Crippen molar-refractivity contribution in [1.82, 2.24) is 0 Å². The maximum absolute atomic E-state index is 11.3. The van der Waals surface area contributed by atoms with Gasteiger partial charge in [-0.25, -0.2) is 0 Å². The summed E-state index contributed by atoms with van der Waals surface area (Å²) < 4.78 is 0. The van der Waals surface area contributed by atoms with Crippen molar-refractivity contribution in [2.24, 2.45) is 5.92 Å². The molecule has 0 aromatic rings. The first-order chi connectivity index (χ1) is 5.57. The van der Waals surface area contributed by atoms with Crippen molar-refractivity contribution in [2.45, 2.75) is 46.5 Å². The third-order valence-electron chi connectivity index (χ3n) is 1.92. The van der Waals surface area contributed by atoms with E-state index in [0.717, 1.165) is 12.8 Å². The molecule has 0 aliphatic heterocycles. The van der Waals surface area contributed by atoms with Crippen LogP contribution in [0.2, 0.25) is 0 Å². The monoisotopic (exact) mass is 170 g/mol. The van der Waals surface area contributed by atoms with Gasteiger partial charge in [0.2, 0.25) is 0 Å². The minimum absolute atomic E-state index is 0.0750. The Morgan fingerprint density at radius 2 is 1.92 bits per heavy atom. The van der Waals surface area contributed by atoms with Gasteiger partial charge in [0.1, 0.15) is 11.6 Å². The van der Waals surface area contributed by atoms with Gasteiger partial charge in [-0.3, -0.25) is 4.79 Å². The molecule has 1 unspecified atom stereocenters. The maximum Gasteiger partial charge on any atom is 0.136 e. The fourth-order valence-electron chi connectivity index (χ4n) is 1.14. The van der Waals surface area contributed by atoms with E-state index >= 15 is 0 Å². The van der Waals surface area contributed by atoms with Gasteiger partial charge in [-0.15, -0.1) is 0 Å². The smallest absolute Gasteiger partial charge is 0.136 e. The quantitative estimate of drug-likeness (QED) is 0.613. The Balaban J connectivity index is 3.69. The molecule has 0 aliphatic rings. The van der Waals surface area contributed by atoms with Crippen molar-refractivity contribution in [1.29, 1.82) is 0 Å². The average Bonchev–Trinajstić information content (AvgIpc) is 1.98. The highest BCUT2D eigenvalue weighted by atomic mass is 16.1. The Hall–Kier alpha value is -0.660. The minimum Gasteiger partial charge on any atom is -0.300 e. The summed E-state index contributed by atoms with van der Waals surface area (Å²) in [6.45, 7) is 5.42. The zero-order valence-corrected chi connectivity index (χ0v) is 8.22. The molecule has 2 nitrogen and oxygen atoms in total. The van der Waals surface area contributed by atoms with Crippen LogP contribution in [0.15, 0.2) is 0 Å². The Kier molecular flexibility index (Phi) is 5.60. The van der Waals surface area contributed by atoms with E-state index in [1.54, 1.807) is 0 Å². The summed E-state index contributed by atoms with van der Waals surface area (Å²) in [5.41, 5.74) is 0. The molecule has 0 aromatic carbocycles. The standard InChI is InChI=1S/C10H18O2/c1-4-5-6-10(12)8(2)7-9(3)11/h8H,4-7H2,1-3H3. The van der Waals surface area contributed by atoms with Gasteiger partial charge in [-0.05, 0) is 13.3 Å². The number of hydrogen-bond acceptors (Lipinski definition) is 2. The van der Waals surface area contributed by atoms with E-state index in [1.807, 2.05) is 6.92 Å². The van der Waals surface area contributed by atoms with E-state index in [9.17, 15) is 9.59 Å². The van der Waals surface area contributed by atoms with E-state index in [1.165, 1.54) is 6.92 Å². The molecule has 0 N–H and O–H groups in total. The lowest BCUT2D eigenvalue weighted by molar-refractivity contribution is -0.126. The van der Waals surface area contributed by atoms with Crippen molar-refractivity contribution >= 4 is 11.6 Å². The summed E-state index contributed by atoms with van der Waals surface area (Å²) in [7, 11) is 0. The molecule has 12 heavy (non-hydrogen) atoms. The van der Waals surface area contributed by atoms with Crippen molar-refractivity contribution in [3.05, 3.63) is 0 Å². The second kappa shape index (κ2) is 5.92. The lowest BCUT2D eigenvalue weighted by Gasteiger charge is -2.06. The minimum atomic E-state index is -0.0750. The molecule has 0 saturated carbocycles. The maximum atomic E-state index is 11.3. The van der Waals surface area contributed by atoms with Crippen LogP contribution in [0, 0.1) is 5.92 Å². The first kappa shape index (κ1) is 11.3. The molecule has 0 aromatic heterocycles. The molecule has 0 bridgehead atoms. The van der Waals surface area contributed by atoms with Gasteiger partial charge in [0, 0.05) is 18.8 Å². The molecule has 0 fully saturated rings. The van der Waals surface area contributed by atoms with Gasteiger partial charge in [0.05, 0.1) is 0 Å². The first-order valence-corrected chi connectivity index (χ1v) is 4.60. The van der Waals surface area contributed by atoms with Crippen LogP contribution in [0.25, 0.3) is 0 Å². The number of unbranched alkanes of at least 4 members (excludes halogenated alkanes) is 1. The predicted molar refractivity (Wildman–Crippen MR) is 49.0 cm³/mol. The SMILES string of the molecule is CCCCC(=O)C(C)CC(C)=O. The zero-order chi connectivity index (χ0) is 9.56. The molecular weight excluding hydrogens is 152 g/mol. The molecule has 0 amide bonds. The highest BCUT2D eigenvalue weighted by Crippen LogP contribution is 2.09. The number of Topliss-reactive ketones (excluding diaryl/α,β-unsaturated/α-hetero) is 2. The van der Waals surface area contributed by atoms with Gasteiger partial charge < -0.3 is 4.79 Å². The Morgan fingerprint density at radius 3 is 2.33 bits per heavy atom. The number of rotatable bonds is 6. The highest BCUT2D eigenvalue weighted by Gasteiger charge is 2.13. The number of hydrogen-bond donors (Lipinski definition) is 0. The second-order valence-electron chi connectivity index (χ2n) is 3.38. The summed E-state index contributed by atoms with van der Waals surface area (Å²) in [6.07, 6.45) is 3.02. The predicted octanol–water partition coefficient (Wildman–Crippen LogP) is 2.36. The van der Waals surface area contributed by atoms with Gasteiger partial charge >= 0.3 is 0 Å². The van der Waals surface area contributed by atoms with Crippen LogP contribution >= 0.6 is 0 Å². The second-order valence-corrected chi connectivity index (χ2v) is 3.38. The van der Waals surface area contributed by atoms with E-state index in [4.69, 9.17) is 0 Å². The van der Waals surface area contributed by atoms with Gasteiger partial charge in [0.25, 0.3) is 0 Å². The van der Waals surface area contributed by atoms with E-state index in [2.05, 4.69) is 6.92 Å². The number of carbonyl (C=O) groups is 2. The average molecular weight is 170 g/mol. The first-order valence-electron chi connectivity index (χ1n) is 4.60. The summed E-state index contributed by atoms with van der Waals surface area (Å²) in [5.74, 6) is 0.258. The lowest BCUT2D eigenvalue weighted by Crippen LogP contribution is -2.13. The Bertz CT molecular complexity index is 161. The number of carbonyl (C=O) groups excluding carboxylic acids is 2. The Morgan fingerprint density at radius 1 is 1.33 bits per heavy atom. The van der Waals surface area contributed by atoms with Crippen LogP contribution in [0.4, 0.5) is 0 Å². The van der Waals surface area contributed by atoms with Crippen LogP contribution in [0.5, 0.6) is 0 Å². The van der Waals surface area contributed by atoms with Gasteiger partial charge in [-0.1, -0.05) is 20.3 Å². The molecule has 0 aliphatic carbocycles. The molecule has 70 valence electrons.